The highest BCUT2D eigenvalue weighted by Crippen LogP contribution is 2.24. The molecule has 3 aromatic carbocycles. The number of anilines is 1. The van der Waals surface area contributed by atoms with Gasteiger partial charge < -0.3 is 10.2 Å². The number of aromatic carboxylic acids is 1. The molecule has 3 rings (SSSR count). The third kappa shape index (κ3) is 3.02. The molecule has 0 heterocycles. The van der Waals surface area contributed by atoms with Gasteiger partial charge in [-0.15, -0.1) is 0 Å². The molecular formula is C17H12NO5S-. The predicted molar refractivity (Wildman–Crippen MR) is 87.6 cm³/mol. The monoisotopic (exact) mass is 342 g/mol. The molecule has 6 nitrogen and oxygen atoms in total. The van der Waals surface area contributed by atoms with E-state index in [0.29, 0.717) is 0 Å². The molecule has 0 amide bonds. The summed E-state index contributed by atoms with van der Waals surface area (Å²) in [5.74, 6) is -2.09. The third-order valence-corrected chi connectivity index (χ3v) is 4.87. The topological polar surface area (TPSA) is 107 Å². The number of sulfonamides is 1. The van der Waals surface area contributed by atoms with Crippen LogP contribution in [0.5, 0.6) is 5.75 Å². The van der Waals surface area contributed by atoms with Gasteiger partial charge in [0.05, 0.1) is 10.5 Å². The fraction of sp³-hybridized carbons (Fsp3) is 0. The van der Waals surface area contributed by atoms with Crippen molar-refractivity contribution in [3.8, 4) is 5.75 Å². The summed E-state index contributed by atoms with van der Waals surface area (Å²) in [5.41, 5.74) is -0.478. The van der Waals surface area contributed by atoms with Gasteiger partial charge in [0, 0.05) is 5.69 Å². The summed E-state index contributed by atoms with van der Waals surface area (Å²) >= 11 is 0. The molecule has 0 spiro atoms. The van der Waals surface area contributed by atoms with Crippen molar-refractivity contribution >= 4 is 32.5 Å². The van der Waals surface area contributed by atoms with Crippen molar-refractivity contribution < 1.29 is 23.4 Å². The van der Waals surface area contributed by atoms with Gasteiger partial charge in [-0.05, 0) is 35.0 Å². The van der Waals surface area contributed by atoms with Crippen LogP contribution >= 0.6 is 0 Å². The molecule has 0 radical (unpaired) electrons. The minimum absolute atomic E-state index is 0.0140. The lowest BCUT2D eigenvalue weighted by atomic mass is 10.1. The molecule has 0 unspecified atom stereocenters. The van der Waals surface area contributed by atoms with Gasteiger partial charge >= 0.3 is 5.97 Å². The van der Waals surface area contributed by atoms with Gasteiger partial charge in [-0.25, -0.2) is 13.2 Å². The maximum Gasteiger partial charge on any atom is 0.335 e. The molecule has 7 heteroatoms. The van der Waals surface area contributed by atoms with E-state index in [9.17, 15) is 18.3 Å². The van der Waals surface area contributed by atoms with E-state index in [1.54, 1.807) is 18.2 Å². The van der Waals surface area contributed by atoms with Crippen LogP contribution in [-0.2, 0) is 10.0 Å². The lowest BCUT2D eigenvalue weighted by molar-refractivity contribution is -0.268. The summed E-state index contributed by atoms with van der Waals surface area (Å²) in [5, 5.41) is 22.1. The number of nitrogens with one attached hydrogen (secondary N) is 1. The maximum absolute atomic E-state index is 12.5. The Morgan fingerprint density at radius 3 is 2.38 bits per heavy atom. The van der Waals surface area contributed by atoms with Crippen molar-refractivity contribution in [2.45, 2.75) is 4.90 Å². The minimum atomic E-state index is -3.91. The second kappa shape index (κ2) is 5.86. The van der Waals surface area contributed by atoms with E-state index in [0.717, 1.165) is 22.9 Å². The average molecular weight is 342 g/mol. The predicted octanol–water partition coefficient (Wildman–Crippen LogP) is 2.41. The molecular weight excluding hydrogens is 330 g/mol. The smallest absolute Gasteiger partial charge is 0.335 e. The largest absolute Gasteiger partial charge is 0.872 e. The standard InChI is InChI=1S/C17H13NO5S/c19-16-8-6-13(10-15(16)17(20)21)18-24(22,23)14-7-5-11-3-1-2-4-12(11)9-14/h1-10,18-19H,(H,20,21)/p-1. The first-order valence-corrected chi connectivity index (χ1v) is 8.41. The Morgan fingerprint density at radius 1 is 0.958 bits per heavy atom. The van der Waals surface area contributed by atoms with Crippen LogP contribution in [0, 0.1) is 0 Å². The van der Waals surface area contributed by atoms with Gasteiger partial charge in [0.2, 0.25) is 0 Å². The van der Waals surface area contributed by atoms with Crippen molar-refractivity contribution in [2.24, 2.45) is 0 Å². The summed E-state index contributed by atoms with van der Waals surface area (Å²) in [6.45, 7) is 0. The van der Waals surface area contributed by atoms with Crippen LogP contribution in [0.25, 0.3) is 10.8 Å². The van der Waals surface area contributed by atoms with E-state index in [1.165, 1.54) is 18.2 Å². The van der Waals surface area contributed by atoms with Crippen LogP contribution in [0.3, 0.4) is 0 Å². The Bertz CT molecular complexity index is 1040. The molecule has 0 fully saturated rings. The zero-order valence-corrected chi connectivity index (χ0v) is 13.1. The van der Waals surface area contributed by atoms with E-state index in [-0.39, 0.29) is 10.6 Å². The lowest BCUT2D eigenvalue weighted by Crippen LogP contribution is -2.14. The van der Waals surface area contributed by atoms with E-state index in [2.05, 4.69) is 4.72 Å². The molecule has 3 aromatic rings. The first-order chi connectivity index (χ1) is 11.4. The van der Waals surface area contributed by atoms with Gasteiger partial charge in [-0.3, -0.25) is 4.72 Å². The molecule has 0 aliphatic heterocycles. The molecule has 0 aliphatic carbocycles. The minimum Gasteiger partial charge on any atom is -0.872 e. The van der Waals surface area contributed by atoms with Gasteiger partial charge in [0.15, 0.2) is 0 Å². The summed E-state index contributed by atoms with van der Waals surface area (Å²) in [4.78, 5) is 11.0. The molecule has 0 bridgehead atoms. The number of rotatable bonds is 4. The average Bonchev–Trinajstić information content (AvgIpc) is 2.55. The first kappa shape index (κ1) is 15.8. The highest BCUT2D eigenvalue weighted by molar-refractivity contribution is 7.92. The number of hydrogen-bond acceptors (Lipinski definition) is 4. The number of carboxylic acid groups (broad SMARTS) is 1. The van der Waals surface area contributed by atoms with Crippen molar-refractivity contribution in [3.63, 3.8) is 0 Å². The molecule has 0 aromatic heterocycles. The lowest BCUT2D eigenvalue weighted by Gasteiger charge is -2.13. The molecule has 0 aliphatic rings. The quantitative estimate of drug-likeness (QED) is 0.757. The molecule has 24 heavy (non-hydrogen) atoms. The maximum atomic E-state index is 12.5. The molecule has 122 valence electrons. The van der Waals surface area contributed by atoms with E-state index >= 15 is 0 Å². The zero-order chi connectivity index (χ0) is 17.3. The Balaban J connectivity index is 1.98. The number of carbonyl (C=O) groups is 1. The summed E-state index contributed by atoms with van der Waals surface area (Å²) < 4.78 is 27.2. The Labute approximate surface area is 138 Å². The number of hydrogen-bond donors (Lipinski definition) is 2. The van der Waals surface area contributed by atoms with Crippen molar-refractivity contribution in [1.82, 2.24) is 0 Å². The Morgan fingerprint density at radius 2 is 1.67 bits per heavy atom. The normalized spacial score (nSPS) is 11.3. The Kier molecular flexibility index (Phi) is 3.86. The van der Waals surface area contributed by atoms with Gasteiger partial charge in [-0.2, -0.15) is 0 Å². The summed E-state index contributed by atoms with van der Waals surface area (Å²) in [6.07, 6.45) is 0. The molecule has 0 saturated carbocycles. The zero-order valence-electron chi connectivity index (χ0n) is 12.3. The molecule has 0 atom stereocenters. The second-order valence-corrected chi connectivity index (χ2v) is 6.81. The van der Waals surface area contributed by atoms with E-state index < -0.39 is 27.3 Å². The SMILES string of the molecule is O=C(O)c1cc(NS(=O)(=O)c2ccc3ccccc3c2)ccc1[O-]. The molecule has 2 N–H and O–H groups in total. The van der Waals surface area contributed by atoms with Gasteiger partial charge in [-0.1, -0.05) is 42.1 Å². The summed E-state index contributed by atoms with van der Waals surface area (Å²) in [7, 11) is -3.91. The second-order valence-electron chi connectivity index (χ2n) is 5.13. The van der Waals surface area contributed by atoms with Crippen molar-refractivity contribution in [1.29, 1.82) is 0 Å². The van der Waals surface area contributed by atoms with Gasteiger partial charge in [0.25, 0.3) is 10.0 Å². The molecule has 0 saturated heterocycles. The number of carboxylic acids is 1. The summed E-state index contributed by atoms with van der Waals surface area (Å²) in [6, 6.07) is 15.2. The highest BCUT2D eigenvalue weighted by atomic mass is 32.2. The number of benzene rings is 3. The van der Waals surface area contributed by atoms with Crippen LogP contribution in [-0.4, -0.2) is 19.5 Å². The van der Waals surface area contributed by atoms with Crippen LogP contribution < -0.4 is 9.83 Å². The van der Waals surface area contributed by atoms with Crippen LogP contribution in [0.1, 0.15) is 10.4 Å². The van der Waals surface area contributed by atoms with Crippen molar-refractivity contribution in [2.75, 3.05) is 4.72 Å². The fourth-order valence-electron chi connectivity index (χ4n) is 2.31. The van der Waals surface area contributed by atoms with Crippen molar-refractivity contribution in [3.05, 3.63) is 66.2 Å². The third-order valence-electron chi connectivity index (χ3n) is 3.49. The van der Waals surface area contributed by atoms with Crippen LogP contribution in [0.4, 0.5) is 5.69 Å². The Hall–Kier alpha value is -3.06. The first-order valence-electron chi connectivity index (χ1n) is 6.93. The fourth-order valence-corrected chi connectivity index (χ4v) is 3.39. The van der Waals surface area contributed by atoms with Gasteiger partial charge in [0.1, 0.15) is 0 Å². The van der Waals surface area contributed by atoms with Crippen LogP contribution in [0.2, 0.25) is 0 Å². The van der Waals surface area contributed by atoms with E-state index in [1.807, 2.05) is 12.1 Å². The highest BCUT2D eigenvalue weighted by Gasteiger charge is 2.16. The number of fused-ring (bicyclic) bond motifs is 1. The van der Waals surface area contributed by atoms with E-state index in [4.69, 9.17) is 5.11 Å². The van der Waals surface area contributed by atoms with Crippen LogP contribution in [0.15, 0.2) is 65.6 Å².